The first-order valence-corrected chi connectivity index (χ1v) is 12.1. The van der Waals surface area contributed by atoms with Crippen LogP contribution in [0.15, 0.2) is 23.4 Å². The third-order valence-electron chi connectivity index (χ3n) is 8.53. The maximum absolute atomic E-state index is 13.4. The van der Waals surface area contributed by atoms with Crippen molar-refractivity contribution in [2.24, 2.45) is 5.41 Å². The molecule has 4 aliphatic rings. The molecule has 34 heavy (non-hydrogen) atoms. The highest BCUT2D eigenvalue weighted by Gasteiger charge is 2.50. The summed E-state index contributed by atoms with van der Waals surface area (Å²) in [6, 6.07) is 4.96. The second-order valence-electron chi connectivity index (χ2n) is 10.4. The Kier molecular flexibility index (Phi) is 4.88. The second-order valence-corrected chi connectivity index (χ2v) is 10.4. The maximum atomic E-state index is 13.4. The Morgan fingerprint density at radius 1 is 1.18 bits per heavy atom. The van der Waals surface area contributed by atoms with Crippen LogP contribution >= 0.6 is 0 Å². The molecule has 6 rings (SSSR count). The minimum Gasteiger partial charge on any atom is -0.456 e. The first kappa shape index (κ1) is 21.5. The number of aryl methyl sites for hydroxylation is 1. The molecule has 1 saturated carbocycles. The smallest absolute Gasteiger partial charge is 0.336 e. The number of ether oxygens (including phenoxy) is 1. The van der Waals surface area contributed by atoms with Crippen molar-refractivity contribution in [1.29, 1.82) is 0 Å². The van der Waals surface area contributed by atoms with Gasteiger partial charge in [0.2, 0.25) is 5.91 Å². The third-order valence-corrected chi connectivity index (χ3v) is 8.53. The number of hydrogen-bond donors (Lipinski definition) is 0. The molecule has 1 aromatic carbocycles. The molecule has 4 heterocycles. The van der Waals surface area contributed by atoms with Gasteiger partial charge in [-0.25, -0.2) is 9.48 Å². The fourth-order valence-electron chi connectivity index (χ4n) is 6.26. The molecule has 1 spiro atoms. The maximum Gasteiger partial charge on any atom is 0.336 e. The SMILES string of the molecule is CC1=C(N2CC[C@]3(CC[C@@H](N(C)Cc4cc5c(cc4C)-c4nnnn4C5)CC3)C2=O)COC1=O. The lowest BCUT2D eigenvalue weighted by atomic mass is 9.71. The number of cyclic esters (lactones) is 1. The lowest BCUT2D eigenvalue weighted by molar-refractivity contribution is -0.138. The standard InChI is InChI=1S/C25H30N6O3/c1-15-10-20-18(13-31-22(20)26-27-28-31)11-17(15)12-29(3)19-4-6-25(7-5-19)8-9-30(24(25)33)21-14-34-23(32)16(21)2/h10-11,19H,4-9,12-14H2,1-3H3/t19-,25-. The Hall–Kier alpha value is -3.07. The zero-order valence-electron chi connectivity index (χ0n) is 20.0. The van der Waals surface area contributed by atoms with Gasteiger partial charge in [0.05, 0.1) is 23.2 Å². The molecular formula is C25H30N6O3. The highest BCUT2D eigenvalue weighted by atomic mass is 16.5. The number of esters is 1. The van der Waals surface area contributed by atoms with Crippen molar-refractivity contribution in [1.82, 2.24) is 30.0 Å². The lowest BCUT2D eigenvalue weighted by Crippen LogP contribution is -2.42. The number of aromatic nitrogens is 4. The van der Waals surface area contributed by atoms with Crippen LogP contribution < -0.4 is 0 Å². The van der Waals surface area contributed by atoms with Crippen molar-refractivity contribution in [2.45, 2.75) is 65.1 Å². The van der Waals surface area contributed by atoms with Crippen LogP contribution in [0.4, 0.5) is 0 Å². The van der Waals surface area contributed by atoms with Crippen LogP contribution in [0, 0.1) is 12.3 Å². The van der Waals surface area contributed by atoms with Crippen LogP contribution in [-0.2, 0) is 27.4 Å². The predicted octanol–water partition coefficient (Wildman–Crippen LogP) is 2.43. The highest BCUT2D eigenvalue weighted by Crippen LogP contribution is 2.47. The summed E-state index contributed by atoms with van der Waals surface area (Å²) in [7, 11) is 2.20. The molecular weight excluding hydrogens is 432 g/mol. The summed E-state index contributed by atoms with van der Waals surface area (Å²) in [6.45, 7) is 6.45. The number of rotatable bonds is 4. The summed E-state index contributed by atoms with van der Waals surface area (Å²) in [5, 5.41) is 12.0. The largest absolute Gasteiger partial charge is 0.456 e. The van der Waals surface area contributed by atoms with E-state index in [1.54, 1.807) is 6.92 Å². The number of hydrogen-bond acceptors (Lipinski definition) is 7. The summed E-state index contributed by atoms with van der Waals surface area (Å²) in [4.78, 5) is 29.5. The third kappa shape index (κ3) is 3.20. The minimum absolute atomic E-state index is 0.191. The molecule has 1 aliphatic carbocycles. The van der Waals surface area contributed by atoms with Crippen LogP contribution in [0.3, 0.4) is 0 Å². The molecule has 178 valence electrons. The van der Waals surface area contributed by atoms with Crippen molar-refractivity contribution in [3.05, 3.63) is 40.1 Å². The van der Waals surface area contributed by atoms with Crippen molar-refractivity contribution in [2.75, 3.05) is 20.2 Å². The molecule has 3 aliphatic heterocycles. The van der Waals surface area contributed by atoms with Gasteiger partial charge in [0.1, 0.15) is 6.61 Å². The topological polar surface area (TPSA) is 93.5 Å². The van der Waals surface area contributed by atoms with Gasteiger partial charge in [-0.1, -0.05) is 6.07 Å². The average molecular weight is 463 g/mol. The number of tetrazole rings is 1. The molecule has 9 heteroatoms. The minimum atomic E-state index is -0.297. The van der Waals surface area contributed by atoms with Crippen LogP contribution in [0.5, 0.6) is 0 Å². The van der Waals surface area contributed by atoms with Crippen molar-refractivity contribution in [3.63, 3.8) is 0 Å². The number of carbonyl (C=O) groups is 2. The molecule has 0 atom stereocenters. The number of amides is 1. The number of likely N-dealkylation sites (tertiary alicyclic amines) is 1. The molecule has 0 N–H and O–H groups in total. The summed E-state index contributed by atoms with van der Waals surface area (Å²) in [6.07, 6.45) is 4.70. The molecule has 0 radical (unpaired) electrons. The van der Waals surface area contributed by atoms with Crippen molar-refractivity contribution >= 4 is 11.9 Å². The summed E-state index contributed by atoms with van der Waals surface area (Å²) < 4.78 is 7.00. The van der Waals surface area contributed by atoms with Crippen LogP contribution in [0.1, 0.15) is 55.7 Å². The monoisotopic (exact) mass is 462 g/mol. The fraction of sp³-hybridized carbons (Fsp3) is 0.560. The zero-order valence-corrected chi connectivity index (χ0v) is 20.0. The van der Waals surface area contributed by atoms with E-state index in [4.69, 9.17) is 4.74 Å². The number of benzene rings is 1. The normalized spacial score (nSPS) is 26.1. The van der Waals surface area contributed by atoms with Gasteiger partial charge < -0.3 is 9.64 Å². The van der Waals surface area contributed by atoms with Gasteiger partial charge >= 0.3 is 5.97 Å². The first-order chi connectivity index (χ1) is 16.4. The number of fused-ring (bicyclic) bond motifs is 3. The number of carbonyl (C=O) groups excluding carboxylic acids is 2. The van der Waals surface area contributed by atoms with E-state index in [1.165, 1.54) is 16.7 Å². The first-order valence-electron chi connectivity index (χ1n) is 12.1. The number of nitrogens with zero attached hydrogens (tertiary/aromatic N) is 6. The summed E-state index contributed by atoms with van der Waals surface area (Å²) in [5.41, 5.74) is 6.05. The Labute approximate surface area is 198 Å². The van der Waals surface area contributed by atoms with Gasteiger partial charge in [0.15, 0.2) is 5.82 Å². The summed E-state index contributed by atoms with van der Waals surface area (Å²) in [5.74, 6) is 0.746. The quantitative estimate of drug-likeness (QED) is 0.550. The van der Waals surface area contributed by atoms with Gasteiger partial charge in [-0.2, -0.15) is 0 Å². The van der Waals surface area contributed by atoms with Crippen molar-refractivity contribution in [3.8, 4) is 11.4 Å². The van der Waals surface area contributed by atoms with Gasteiger partial charge in [-0.15, -0.1) is 5.10 Å². The van der Waals surface area contributed by atoms with Crippen molar-refractivity contribution < 1.29 is 14.3 Å². The highest BCUT2D eigenvalue weighted by molar-refractivity contribution is 5.94. The Morgan fingerprint density at radius 3 is 2.71 bits per heavy atom. The van der Waals surface area contributed by atoms with E-state index in [2.05, 4.69) is 46.5 Å². The average Bonchev–Trinajstić information content (AvgIpc) is 3.56. The van der Waals surface area contributed by atoms with Crippen LogP contribution in [-0.4, -0.2) is 68.1 Å². The Bertz CT molecular complexity index is 1220. The zero-order chi connectivity index (χ0) is 23.6. The molecule has 1 amide bonds. The van der Waals surface area contributed by atoms with E-state index < -0.39 is 0 Å². The van der Waals surface area contributed by atoms with Crippen LogP contribution in [0.25, 0.3) is 11.4 Å². The Balaban J connectivity index is 1.11. The molecule has 1 aromatic heterocycles. The molecule has 2 aromatic rings. The fourth-order valence-corrected chi connectivity index (χ4v) is 6.26. The predicted molar refractivity (Wildman–Crippen MR) is 123 cm³/mol. The molecule has 2 fully saturated rings. The van der Waals surface area contributed by atoms with E-state index in [-0.39, 0.29) is 23.9 Å². The second kappa shape index (κ2) is 7.73. The van der Waals surface area contributed by atoms with E-state index in [9.17, 15) is 9.59 Å². The van der Waals surface area contributed by atoms with Gasteiger partial charge in [-0.05, 0) is 86.2 Å². The molecule has 1 saturated heterocycles. The van der Waals surface area contributed by atoms with E-state index >= 15 is 0 Å². The summed E-state index contributed by atoms with van der Waals surface area (Å²) >= 11 is 0. The molecule has 9 nitrogen and oxygen atoms in total. The van der Waals surface area contributed by atoms with E-state index in [0.29, 0.717) is 18.2 Å². The van der Waals surface area contributed by atoms with Gasteiger partial charge in [0, 0.05) is 24.7 Å². The van der Waals surface area contributed by atoms with Gasteiger partial charge in [0.25, 0.3) is 0 Å². The molecule has 0 bridgehead atoms. The lowest BCUT2D eigenvalue weighted by Gasteiger charge is -2.39. The van der Waals surface area contributed by atoms with E-state index in [0.717, 1.165) is 62.3 Å². The van der Waals surface area contributed by atoms with Crippen LogP contribution in [0.2, 0.25) is 0 Å². The van der Waals surface area contributed by atoms with E-state index in [1.807, 2.05) is 9.58 Å². The molecule has 0 unspecified atom stereocenters. The Morgan fingerprint density at radius 2 is 1.97 bits per heavy atom. The van der Waals surface area contributed by atoms with Gasteiger partial charge in [-0.3, -0.25) is 9.69 Å².